The first-order valence-corrected chi connectivity index (χ1v) is 7.00. The van der Waals surface area contributed by atoms with E-state index in [4.69, 9.17) is 14.7 Å². The molecule has 0 aliphatic heterocycles. The summed E-state index contributed by atoms with van der Waals surface area (Å²) in [6.45, 7) is 8.57. The Kier molecular flexibility index (Phi) is 7.71. The lowest BCUT2D eigenvalue weighted by molar-refractivity contribution is 0.127. The summed E-state index contributed by atoms with van der Waals surface area (Å²) in [4.78, 5) is 2.34. The Morgan fingerprint density at radius 2 is 2.00 bits per heavy atom. The molecule has 0 saturated heterocycles. The molecule has 20 heavy (non-hydrogen) atoms. The van der Waals surface area contributed by atoms with Gasteiger partial charge in [-0.2, -0.15) is 5.26 Å². The Bertz CT molecular complexity index is 427. The van der Waals surface area contributed by atoms with Crippen LogP contribution >= 0.6 is 0 Å². The summed E-state index contributed by atoms with van der Waals surface area (Å²) in [7, 11) is 1.72. The van der Waals surface area contributed by atoms with Gasteiger partial charge in [-0.15, -0.1) is 0 Å². The average Bonchev–Trinajstić information content (AvgIpc) is 2.44. The number of nitrogens with zero attached hydrogens (tertiary/aromatic N) is 2. The molecule has 0 radical (unpaired) electrons. The lowest BCUT2D eigenvalue weighted by atomic mass is 10.2. The summed E-state index contributed by atoms with van der Waals surface area (Å²) in [5.74, 6) is 1.37. The monoisotopic (exact) mass is 276 g/mol. The lowest BCUT2D eigenvalue weighted by Crippen LogP contribution is -2.34. The van der Waals surface area contributed by atoms with Gasteiger partial charge in [0.1, 0.15) is 12.4 Å². The summed E-state index contributed by atoms with van der Waals surface area (Å²) in [5, 5.41) is 8.84. The Hall–Kier alpha value is -1.57. The molecule has 0 aliphatic carbocycles. The zero-order valence-corrected chi connectivity index (χ0v) is 12.6. The van der Waals surface area contributed by atoms with Gasteiger partial charge in [-0.3, -0.25) is 4.90 Å². The van der Waals surface area contributed by atoms with E-state index in [0.717, 1.165) is 32.0 Å². The minimum Gasteiger partial charge on any atom is -0.492 e. The summed E-state index contributed by atoms with van der Waals surface area (Å²) in [6.07, 6.45) is 0. The molecule has 4 heteroatoms. The molecule has 4 nitrogen and oxygen atoms in total. The maximum atomic E-state index is 8.84. The van der Waals surface area contributed by atoms with E-state index in [1.165, 1.54) is 0 Å². The zero-order valence-electron chi connectivity index (χ0n) is 12.6. The van der Waals surface area contributed by atoms with Gasteiger partial charge in [-0.25, -0.2) is 0 Å². The average molecular weight is 276 g/mol. The van der Waals surface area contributed by atoms with Crippen molar-refractivity contribution in [3.8, 4) is 11.8 Å². The van der Waals surface area contributed by atoms with Gasteiger partial charge in [0.15, 0.2) is 0 Å². The molecule has 1 rings (SSSR count). The van der Waals surface area contributed by atoms with Crippen LogP contribution < -0.4 is 4.74 Å². The van der Waals surface area contributed by atoms with Crippen molar-refractivity contribution in [2.45, 2.75) is 13.8 Å². The van der Waals surface area contributed by atoms with Crippen molar-refractivity contribution >= 4 is 0 Å². The predicted octanol–water partition coefficient (Wildman–Crippen LogP) is 2.54. The van der Waals surface area contributed by atoms with Crippen LogP contribution in [-0.4, -0.2) is 44.9 Å². The second-order valence-corrected chi connectivity index (χ2v) is 5.18. The van der Waals surface area contributed by atoms with Crippen molar-refractivity contribution in [1.82, 2.24) is 4.90 Å². The van der Waals surface area contributed by atoms with Gasteiger partial charge < -0.3 is 9.47 Å². The van der Waals surface area contributed by atoms with Gasteiger partial charge >= 0.3 is 0 Å². The van der Waals surface area contributed by atoms with E-state index in [9.17, 15) is 0 Å². The molecule has 1 aromatic carbocycles. The molecular formula is C16H24N2O2. The van der Waals surface area contributed by atoms with Gasteiger partial charge in [0.25, 0.3) is 0 Å². The molecule has 0 unspecified atom stereocenters. The van der Waals surface area contributed by atoms with E-state index >= 15 is 0 Å². The van der Waals surface area contributed by atoms with Crippen LogP contribution in [0.1, 0.15) is 19.4 Å². The van der Waals surface area contributed by atoms with Crippen LogP contribution in [0, 0.1) is 17.2 Å². The molecule has 0 atom stereocenters. The standard InChI is InChI=1S/C16H24N2O2/c1-14(2)13-18(7-9-19-3)8-10-20-16-6-4-5-15(11-16)12-17/h4-6,11,14H,7-10,13H2,1-3H3. The van der Waals surface area contributed by atoms with Crippen LogP contribution in [0.15, 0.2) is 24.3 Å². The SMILES string of the molecule is COCCN(CCOc1cccc(C#N)c1)CC(C)C. The zero-order chi connectivity index (χ0) is 14.8. The molecule has 0 spiro atoms. The van der Waals surface area contributed by atoms with Crippen molar-refractivity contribution in [3.63, 3.8) is 0 Å². The molecule has 0 saturated carbocycles. The lowest BCUT2D eigenvalue weighted by Gasteiger charge is -2.23. The van der Waals surface area contributed by atoms with Gasteiger partial charge in [0, 0.05) is 26.7 Å². The van der Waals surface area contributed by atoms with E-state index < -0.39 is 0 Å². The Labute approximate surface area is 121 Å². The number of methoxy groups -OCH3 is 1. The third kappa shape index (κ3) is 6.55. The number of nitriles is 1. The highest BCUT2D eigenvalue weighted by molar-refractivity contribution is 5.36. The first-order chi connectivity index (χ1) is 9.65. The maximum Gasteiger partial charge on any atom is 0.120 e. The second-order valence-electron chi connectivity index (χ2n) is 5.18. The number of benzene rings is 1. The van der Waals surface area contributed by atoms with E-state index in [2.05, 4.69) is 24.8 Å². The van der Waals surface area contributed by atoms with Crippen LogP contribution in [0.2, 0.25) is 0 Å². The van der Waals surface area contributed by atoms with Gasteiger partial charge in [-0.05, 0) is 24.1 Å². The smallest absolute Gasteiger partial charge is 0.120 e. The molecule has 110 valence electrons. The largest absolute Gasteiger partial charge is 0.492 e. The first kappa shape index (κ1) is 16.5. The Balaban J connectivity index is 2.40. The van der Waals surface area contributed by atoms with E-state index in [0.29, 0.717) is 18.1 Å². The third-order valence-electron chi connectivity index (χ3n) is 2.87. The van der Waals surface area contributed by atoms with Crippen molar-refractivity contribution in [2.24, 2.45) is 5.92 Å². The highest BCUT2D eigenvalue weighted by Crippen LogP contribution is 2.12. The minimum atomic E-state index is 0.616. The van der Waals surface area contributed by atoms with Gasteiger partial charge in [0.05, 0.1) is 18.2 Å². The van der Waals surface area contributed by atoms with Crippen LogP contribution in [0.3, 0.4) is 0 Å². The van der Waals surface area contributed by atoms with Crippen molar-refractivity contribution < 1.29 is 9.47 Å². The first-order valence-electron chi connectivity index (χ1n) is 7.00. The number of hydrogen-bond donors (Lipinski definition) is 0. The van der Waals surface area contributed by atoms with E-state index in [-0.39, 0.29) is 0 Å². The quantitative estimate of drug-likeness (QED) is 0.695. The van der Waals surface area contributed by atoms with Gasteiger partial charge in [0.2, 0.25) is 0 Å². The summed E-state index contributed by atoms with van der Waals surface area (Å²) < 4.78 is 10.8. The number of ether oxygens (including phenoxy) is 2. The van der Waals surface area contributed by atoms with E-state index in [1.54, 1.807) is 19.2 Å². The summed E-state index contributed by atoms with van der Waals surface area (Å²) >= 11 is 0. The van der Waals surface area contributed by atoms with Crippen LogP contribution in [0.5, 0.6) is 5.75 Å². The summed E-state index contributed by atoms with van der Waals surface area (Å²) in [6, 6.07) is 9.37. The fourth-order valence-electron chi connectivity index (χ4n) is 1.98. The molecule has 0 aliphatic rings. The van der Waals surface area contributed by atoms with E-state index in [1.807, 2.05) is 12.1 Å². The molecule has 0 fully saturated rings. The number of rotatable bonds is 9. The third-order valence-corrected chi connectivity index (χ3v) is 2.87. The van der Waals surface area contributed by atoms with Crippen LogP contribution in [0.4, 0.5) is 0 Å². The molecule has 0 amide bonds. The van der Waals surface area contributed by atoms with Gasteiger partial charge in [-0.1, -0.05) is 19.9 Å². The molecule has 0 N–H and O–H groups in total. The maximum absolute atomic E-state index is 8.84. The second kappa shape index (κ2) is 9.35. The fraction of sp³-hybridized carbons (Fsp3) is 0.562. The highest BCUT2D eigenvalue weighted by atomic mass is 16.5. The molecule has 1 aromatic rings. The van der Waals surface area contributed by atoms with Crippen molar-refractivity contribution in [1.29, 1.82) is 5.26 Å². The minimum absolute atomic E-state index is 0.616. The molecule has 0 bridgehead atoms. The fourth-order valence-corrected chi connectivity index (χ4v) is 1.98. The van der Waals surface area contributed by atoms with Crippen LogP contribution in [-0.2, 0) is 4.74 Å². The van der Waals surface area contributed by atoms with Crippen molar-refractivity contribution in [2.75, 3.05) is 40.0 Å². The normalized spacial score (nSPS) is 10.8. The topological polar surface area (TPSA) is 45.5 Å². The van der Waals surface area contributed by atoms with Crippen molar-refractivity contribution in [3.05, 3.63) is 29.8 Å². The molecular weight excluding hydrogens is 252 g/mol. The number of hydrogen-bond acceptors (Lipinski definition) is 4. The predicted molar refractivity (Wildman–Crippen MR) is 79.8 cm³/mol. The Morgan fingerprint density at radius 3 is 2.65 bits per heavy atom. The highest BCUT2D eigenvalue weighted by Gasteiger charge is 2.07. The Morgan fingerprint density at radius 1 is 1.25 bits per heavy atom. The molecule has 0 heterocycles. The molecule has 0 aromatic heterocycles. The summed E-state index contributed by atoms with van der Waals surface area (Å²) in [5.41, 5.74) is 0.626. The van der Waals surface area contributed by atoms with Crippen LogP contribution in [0.25, 0.3) is 0 Å².